The Bertz CT molecular complexity index is 1080. The van der Waals surface area contributed by atoms with Crippen molar-refractivity contribution in [2.45, 2.75) is 60.3 Å². The Labute approximate surface area is 196 Å². The molecule has 3 aromatic rings. The minimum atomic E-state index is 0.352. The van der Waals surface area contributed by atoms with Crippen LogP contribution in [0, 0.1) is 11.3 Å². The number of hydrogen-bond acceptors (Lipinski definition) is 6. The molecular weight excluding hydrogens is 414 g/mol. The fourth-order valence-electron chi connectivity index (χ4n) is 4.68. The van der Waals surface area contributed by atoms with Crippen molar-refractivity contribution in [2.24, 2.45) is 16.4 Å². The summed E-state index contributed by atoms with van der Waals surface area (Å²) in [6, 6.07) is 8.53. The smallest absolute Gasteiger partial charge is 0.158 e. The molecule has 0 saturated carbocycles. The van der Waals surface area contributed by atoms with Crippen LogP contribution in [0.25, 0.3) is 10.2 Å². The van der Waals surface area contributed by atoms with E-state index in [0.29, 0.717) is 11.3 Å². The second-order valence-corrected chi connectivity index (χ2v) is 10.4. The third-order valence-corrected chi connectivity index (χ3v) is 8.46. The van der Waals surface area contributed by atoms with Gasteiger partial charge in [-0.15, -0.1) is 11.3 Å². The monoisotopic (exact) mass is 449 g/mol. The van der Waals surface area contributed by atoms with Crippen molar-refractivity contribution in [3.63, 3.8) is 0 Å². The maximum atomic E-state index is 4.57. The molecular formula is C26H35N5S. The van der Waals surface area contributed by atoms with E-state index in [9.17, 15) is 0 Å². The average Bonchev–Trinajstić information content (AvgIpc) is 3.19. The van der Waals surface area contributed by atoms with Crippen LogP contribution in [-0.2, 0) is 12.8 Å². The number of nitrogens with one attached hydrogen (secondary N) is 1. The first-order valence-electron chi connectivity index (χ1n) is 11.9. The molecule has 5 nitrogen and oxygen atoms in total. The highest BCUT2D eigenvalue weighted by Crippen LogP contribution is 2.45. The first-order chi connectivity index (χ1) is 15.5. The topological polar surface area (TPSA) is 53.4 Å². The minimum Gasteiger partial charge on any atom is -0.372 e. The molecule has 0 fully saturated rings. The Morgan fingerprint density at radius 2 is 1.91 bits per heavy atom. The number of rotatable bonds is 8. The van der Waals surface area contributed by atoms with E-state index in [1.807, 2.05) is 17.6 Å². The zero-order valence-electron chi connectivity index (χ0n) is 20.0. The van der Waals surface area contributed by atoms with E-state index < -0.39 is 0 Å². The second-order valence-electron chi connectivity index (χ2n) is 9.32. The van der Waals surface area contributed by atoms with E-state index in [2.05, 4.69) is 84.3 Å². The number of hydrogen-bond donors (Lipinski definition) is 1. The SMILES string of the molecule is CCN(CC)c1ccc(/C=N\Nc2ncnc3sc4c(c23)CC(C(C)(C)CC)CC4)cc1. The van der Waals surface area contributed by atoms with Crippen molar-refractivity contribution in [2.75, 3.05) is 23.4 Å². The van der Waals surface area contributed by atoms with Gasteiger partial charge in [0, 0.05) is 23.7 Å². The lowest BCUT2D eigenvalue weighted by Gasteiger charge is -2.36. The fourth-order valence-corrected chi connectivity index (χ4v) is 5.86. The Balaban J connectivity index is 1.55. The number of aromatic nitrogens is 2. The van der Waals surface area contributed by atoms with Crippen LogP contribution >= 0.6 is 11.3 Å². The van der Waals surface area contributed by atoms with Gasteiger partial charge in [0.15, 0.2) is 5.82 Å². The first kappa shape index (κ1) is 22.7. The minimum absolute atomic E-state index is 0.352. The summed E-state index contributed by atoms with van der Waals surface area (Å²) in [7, 11) is 0. The van der Waals surface area contributed by atoms with Crippen LogP contribution in [-0.4, -0.2) is 29.3 Å². The number of fused-ring (bicyclic) bond motifs is 3. The summed E-state index contributed by atoms with van der Waals surface area (Å²) in [4.78, 5) is 14.0. The second kappa shape index (κ2) is 9.57. The van der Waals surface area contributed by atoms with Gasteiger partial charge >= 0.3 is 0 Å². The molecule has 1 unspecified atom stereocenters. The van der Waals surface area contributed by atoms with Gasteiger partial charge in [0.25, 0.3) is 0 Å². The van der Waals surface area contributed by atoms with Gasteiger partial charge in [-0.05, 0) is 67.7 Å². The molecule has 6 heteroatoms. The lowest BCUT2D eigenvalue weighted by molar-refractivity contribution is 0.184. The standard InChI is InChI=1S/C26H35N5S/c1-6-26(4,5)19-11-14-22-21(15-19)23-24(27-17-28-25(23)32-22)30-29-16-18-9-12-20(13-10-18)31(7-2)8-3/h9-10,12-13,16-17,19H,6-8,11,14-15H2,1-5H3,(H,27,28,30)/b29-16-. The van der Waals surface area contributed by atoms with Crippen LogP contribution in [0.2, 0.25) is 0 Å². The molecule has 2 heterocycles. The van der Waals surface area contributed by atoms with Gasteiger partial charge in [0.2, 0.25) is 0 Å². The number of nitrogens with zero attached hydrogens (tertiary/aromatic N) is 4. The van der Waals surface area contributed by atoms with Crippen molar-refractivity contribution < 1.29 is 0 Å². The van der Waals surface area contributed by atoms with Crippen molar-refractivity contribution in [3.8, 4) is 0 Å². The third-order valence-electron chi connectivity index (χ3n) is 7.26. The molecule has 0 saturated heterocycles. The molecule has 0 aliphatic heterocycles. The molecule has 1 aromatic carbocycles. The van der Waals surface area contributed by atoms with Gasteiger partial charge in [0.05, 0.1) is 11.6 Å². The fraction of sp³-hybridized carbons (Fsp3) is 0.500. The number of anilines is 2. The van der Waals surface area contributed by atoms with Crippen LogP contribution in [0.3, 0.4) is 0 Å². The molecule has 0 bridgehead atoms. The summed E-state index contributed by atoms with van der Waals surface area (Å²) in [5.74, 6) is 1.51. The predicted molar refractivity (Wildman–Crippen MR) is 138 cm³/mol. The van der Waals surface area contributed by atoms with E-state index in [4.69, 9.17) is 0 Å². The summed E-state index contributed by atoms with van der Waals surface area (Å²) in [5, 5.41) is 5.68. The van der Waals surface area contributed by atoms with Crippen molar-refractivity contribution in [1.82, 2.24) is 9.97 Å². The van der Waals surface area contributed by atoms with Gasteiger partial charge < -0.3 is 4.90 Å². The normalized spacial score (nSPS) is 16.5. The van der Waals surface area contributed by atoms with E-state index in [0.717, 1.165) is 47.5 Å². The van der Waals surface area contributed by atoms with E-state index in [1.165, 1.54) is 29.0 Å². The highest BCUT2D eigenvalue weighted by molar-refractivity contribution is 7.19. The quantitative estimate of drug-likeness (QED) is 0.314. The molecule has 2 aromatic heterocycles. The van der Waals surface area contributed by atoms with E-state index in [1.54, 1.807) is 6.33 Å². The molecule has 0 amide bonds. The van der Waals surface area contributed by atoms with Crippen molar-refractivity contribution >= 4 is 39.3 Å². The number of hydrazone groups is 1. The molecule has 1 aliphatic carbocycles. The Kier molecular flexibility index (Phi) is 6.79. The third kappa shape index (κ3) is 4.51. The number of aryl methyl sites for hydroxylation is 1. The van der Waals surface area contributed by atoms with Crippen LogP contribution in [0.5, 0.6) is 0 Å². The molecule has 1 atom stereocenters. The zero-order chi connectivity index (χ0) is 22.7. The molecule has 170 valence electrons. The maximum Gasteiger partial charge on any atom is 0.158 e. The summed E-state index contributed by atoms with van der Waals surface area (Å²) in [6.07, 6.45) is 8.23. The summed E-state index contributed by atoms with van der Waals surface area (Å²) >= 11 is 1.82. The van der Waals surface area contributed by atoms with Crippen LogP contribution in [0.4, 0.5) is 11.5 Å². The Morgan fingerprint density at radius 1 is 1.16 bits per heavy atom. The molecule has 1 aliphatic rings. The zero-order valence-corrected chi connectivity index (χ0v) is 20.8. The largest absolute Gasteiger partial charge is 0.372 e. The van der Waals surface area contributed by atoms with Crippen LogP contribution in [0.15, 0.2) is 35.7 Å². The van der Waals surface area contributed by atoms with Gasteiger partial charge in [-0.2, -0.15) is 5.10 Å². The van der Waals surface area contributed by atoms with E-state index >= 15 is 0 Å². The first-order valence-corrected chi connectivity index (χ1v) is 12.7. The highest BCUT2D eigenvalue weighted by atomic mass is 32.1. The van der Waals surface area contributed by atoms with Gasteiger partial charge in [-0.3, -0.25) is 5.43 Å². The number of thiophene rings is 1. The summed E-state index contributed by atoms with van der Waals surface area (Å²) < 4.78 is 0. The van der Waals surface area contributed by atoms with Crippen LogP contribution < -0.4 is 10.3 Å². The Hall–Kier alpha value is -2.47. The lowest BCUT2D eigenvalue weighted by atomic mass is 9.69. The molecule has 4 rings (SSSR count). The Morgan fingerprint density at radius 3 is 2.59 bits per heavy atom. The van der Waals surface area contributed by atoms with E-state index in [-0.39, 0.29) is 0 Å². The average molecular weight is 450 g/mol. The van der Waals surface area contributed by atoms with Gasteiger partial charge in [-0.1, -0.05) is 39.3 Å². The van der Waals surface area contributed by atoms with Crippen LogP contribution in [0.1, 0.15) is 63.5 Å². The molecule has 1 N–H and O–H groups in total. The molecule has 32 heavy (non-hydrogen) atoms. The maximum absolute atomic E-state index is 4.57. The summed E-state index contributed by atoms with van der Waals surface area (Å²) in [6.45, 7) is 13.5. The van der Waals surface area contributed by atoms with Crippen molar-refractivity contribution in [1.29, 1.82) is 0 Å². The summed E-state index contributed by atoms with van der Waals surface area (Å²) in [5.41, 5.74) is 7.31. The lowest BCUT2D eigenvalue weighted by Crippen LogP contribution is -2.28. The van der Waals surface area contributed by atoms with Gasteiger partial charge in [0.1, 0.15) is 11.2 Å². The van der Waals surface area contributed by atoms with Crippen molar-refractivity contribution in [3.05, 3.63) is 46.6 Å². The van der Waals surface area contributed by atoms with Gasteiger partial charge in [-0.25, -0.2) is 9.97 Å². The number of benzene rings is 1. The molecule has 0 radical (unpaired) electrons. The predicted octanol–water partition coefficient (Wildman–Crippen LogP) is 6.52. The highest BCUT2D eigenvalue weighted by Gasteiger charge is 2.33. The molecule has 0 spiro atoms.